The Kier molecular flexibility index (Phi) is 2.37. The van der Waals surface area contributed by atoms with Gasteiger partial charge in [0.05, 0.1) is 5.69 Å². The Hall–Kier alpha value is -1.90. The maximum Gasteiger partial charge on any atom is 0.227 e. The second-order valence-corrected chi connectivity index (χ2v) is 3.59. The van der Waals surface area contributed by atoms with Crippen molar-refractivity contribution in [3.05, 3.63) is 53.1 Å². The van der Waals surface area contributed by atoms with Crippen molar-refractivity contribution >= 4 is 5.78 Å². The standard InChI is InChI=1S/C12H12N2O/c1-8-6-9(2)11(14-7-8)12(15)10-4-3-5-13-10/h3-7,13H,1-2H3. The number of aromatic nitrogens is 2. The topological polar surface area (TPSA) is 45.8 Å². The fourth-order valence-electron chi connectivity index (χ4n) is 1.55. The van der Waals surface area contributed by atoms with Crippen LogP contribution in [0.5, 0.6) is 0 Å². The van der Waals surface area contributed by atoms with Gasteiger partial charge in [-0.25, -0.2) is 0 Å². The van der Waals surface area contributed by atoms with E-state index >= 15 is 0 Å². The van der Waals surface area contributed by atoms with Crippen LogP contribution in [0.25, 0.3) is 0 Å². The molecule has 0 fully saturated rings. The van der Waals surface area contributed by atoms with Crippen LogP contribution in [0.3, 0.4) is 0 Å². The molecule has 0 radical (unpaired) electrons. The molecule has 2 aromatic heterocycles. The summed E-state index contributed by atoms with van der Waals surface area (Å²) in [6, 6.07) is 5.52. The molecule has 0 aliphatic rings. The van der Waals surface area contributed by atoms with Gasteiger partial charge in [-0.2, -0.15) is 0 Å². The summed E-state index contributed by atoms with van der Waals surface area (Å²) in [6.07, 6.45) is 3.44. The third-order valence-corrected chi connectivity index (χ3v) is 2.27. The zero-order valence-electron chi connectivity index (χ0n) is 8.74. The molecule has 0 saturated heterocycles. The summed E-state index contributed by atoms with van der Waals surface area (Å²) in [7, 11) is 0. The number of aryl methyl sites for hydroxylation is 2. The second kappa shape index (κ2) is 3.69. The lowest BCUT2D eigenvalue weighted by Crippen LogP contribution is -2.07. The van der Waals surface area contributed by atoms with Crippen molar-refractivity contribution < 1.29 is 4.79 Å². The molecular formula is C12H12N2O. The van der Waals surface area contributed by atoms with Gasteiger partial charge in [0.2, 0.25) is 5.78 Å². The molecule has 76 valence electrons. The van der Waals surface area contributed by atoms with Crippen LogP contribution in [0.2, 0.25) is 0 Å². The summed E-state index contributed by atoms with van der Waals surface area (Å²) in [4.78, 5) is 19.0. The number of H-pyrrole nitrogens is 1. The van der Waals surface area contributed by atoms with Crippen molar-refractivity contribution in [2.45, 2.75) is 13.8 Å². The highest BCUT2D eigenvalue weighted by atomic mass is 16.1. The average Bonchev–Trinajstić information content (AvgIpc) is 2.69. The van der Waals surface area contributed by atoms with Crippen LogP contribution in [-0.2, 0) is 0 Å². The fraction of sp³-hybridized carbons (Fsp3) is 0.167. The minimum atomic E-state index is -0.0579. The molecule has 15 heavy (non-hydrogen) atoms. The number of pyridine rings is 1. The SMILES string of the molecule is Cc1cnc(C(=O)c2ccc[nH]2)c(C)c1. The van der Waals surface area contributed by atoms with Crippen LogP contribution in [-0.4, -0.2) is 15.8 Å². The largest absolute Gasteiger partial charge is 0.358 e. The highest BCUT2D eigenvalue weighted by Crippen LogP contribution is 2.11. The molecule has 0 bridgehead atoms. The molecular weight excluding hydrogens is 188 g/mol. The first-order valence-electron chi connectivity index (χ1n) is 4.80. The summed E-state index contributed by atoms with van der Waals surface area (Å²) in [5.41, 5.74) is 3.07. The summed E-state index contributed by atoms with van der Waals surface area (Å²) in [6.45, 7) is 3.86. The fourth-order valence-corrected chi connectivity index (χ4v) is 1.55. The predicted molar refractivity (Wildman–Crippen MR) is 57.9 cm³/mol. The van der Waals surface area contributed by atoms with E-state index in [0.29, 0.717) is 11.4 Å². The molecule has 0 aromatic carbocycles. The summed E-state index contributed by atoms with van der Waals surface area (Å²) in [5, 5.41) is 0. The molecule has 0 saturated carbocycles. The smallest absolute Gasteiger partial charge is 0.227 e. The number of rotatable bonds is 2. The lowest BCUT2D eigenvalue weighted by Gasteiger charge is -2.03. The van der Waals surface area contributed by atoms with Crippen molar-refractivity contribution in [1.29, 1.82) is 0 Å². The first-order chi connectivity index (χ1) is 7.18. The number of ketones is 1. The van der Waals surface area contributed by atoms with E-state index in [1.165, 1.54) is 0 Å². The number of aromatic amines is 1. The highest BCUT2D eigenvalue weighted by molar-refractivity contribution is 6.07. The Morgan fingerprint density at radius 2 is 2.20 bits per heavy atom. The minimum Gasteiger partial charge on any atom is -0.358 e. The van der Waals surface area contributed by atoms with E-state index in [2.05, 4.69) is 9.97 Å². The molecule has 3 nitrogen and oxygen atoms in total. The van der Waals surface area contributed by atoms with E-state index in [4.69, 9.17) is 0 Å². The first kappa shape index (κ1) is 9.65. The van der Waals surface area contributed by atoms with Crippen LogP contribution in [0, 0.1) is 13.8 Å². The average molecular weight is 200 g/mol. The van der Waals surface area contributed by atoms with Gasteiger partial charge in [0, 0.05) is 12.4 Å². The lowest BCUT2D eigenvalue weighted by atomic mass is 10.1. The lowest BCUT2D eigenvalue weighted by molar-refractivity contribution is 0.102. The van der Waals surface area contributed by atoms with E-state index in [1.54, 1.807) is 24.5 Å². The molecule has 3 heteroatoms. The van der Waals surface area contributed by atoms with Crippen molar-refractivity contribution in [3.63, 3.8) is 0 Å². The quantitative estimate of drug-likeness (QED) is 0.756. The van der Waals surface area contributed by atoms with E-state index in [9.17, 15) is 4.79 Å². The monoisotopic (exact) mass is 200 g/mol. The van der Waals surface area contributed by atoms with Crippen LogP contribution >= 0.6 is 0 Å². The van der Waals surface area contributed by atoms with Gasteiger partial charge in [-0.15, -0.1) is 0 Å². The van der Waals surface area contributed by atoms with Gasteiger partial charge < -0.3 is 4.98 Å². The van der Waals surface area contributed by atoms with Crippen LogP contribution in [0.15, 0.2) is 30.6 Å². The zero-order chi connectivity index (χ0) is 10.8. The maximum absolute atomic E-state index is 11.9. The maximum atomic E-state index is 11.9. The molecule has 2 aromatic rings. The third kappa shape index (κ3) is 1.81. The van der Waals surface area contributed by atoms with Gasteiger partial charge in [-0.1, -0.05) is 6.07 Å². The van der Waals surface area contributed by atoms with Gasteiger partial charge in [0.1, 0.15) is 5.69 Å². The van der Waals surface area contributed by atoms with Gasteiger partial charge in [-0.3, -0.25) is 9.78 Å². The number of nitrogens with zero attached hydrogens (tertiary/aromatic N) is 1. The predicted octanol–water partition coefficient (Wildman–Crippen LogP) is 2.26. The Bertz CT molecular complexity index is 486. The number of carbonyl (C=O) groups excluding carboxylic acids is 1. The summed E-state index contributed by atoms with van der Waals surface area (Å²) < 4.78 is 0. The first-order valence-corrected chi connectivity index (χ1v) is 4.80. The highest BCUT2D eigenvalue weighted by Gasteiger charge is 2.13. The molecule has 0 amide bonds. The third-order valence-electron chi connectivity index (χ3n) is 2.27. The Labute approximate surface area is 88.2 Å². The summed E-state index contributed by atoms with van der Waals surface area (Å²) in [5.74, 6) is -0.0579. The van der Waals surface area contributed by atoms with E-state index < -0.39 is 0 Å². The zero-order valence-corrected chi connectivity index (χ0v) is 8.74. The molecule has 1 N–H and O–H groups in total. The van der Waals surface area contributed by atoms with Gasteiger partial charge in [-0.05, 0) is 37.1 Å². The number of hydrogen-bond acceptors (Lipinski definition) is 2. The minimum absolute atomic E-state index is 0.0579. The van der Waals surface area contributed by atoms with Crippen molar-refractivity contribution in [1.82, 2.24) is 9.97 Å². The number of hydrogen-bond donors (Lipinski definition) is 1. The number of nitrogens with one attached hydrogen (secondary N) is 1. The normalized spacial score (nSPS) is 10.3. The molecule has 0 spiro atoms. The van der Waals surface area contributed by atoms with E-state index in [1.807, 2.05) is 19.9 Å². The van der Waals surface area contributed by atoms with Crippen LogP contribution in [0.4, 0.5) is 0 Å². The van der Waals surface area contributed by atoms with Gasteiger partial charge >= 0.3 is 0 Å². The van der Waals surface area contributed by atoms with E-state index in [0.717, 1.165) is 11.1 Å². The number of carbonyl (C=O) groups is 1. The molecule has 2 rings (SSSR count). The molecule has 0 aliphatic heterocycles. The van der Waals surface area contributed by atoms with Crippen molar-refractivity contribution in [2.24, 2.45) is 0 Å². The van der Waals surface area contributed by atoms with Crippen molar-refractivity contribution in [2.75, 3.05) is 0 Å². The second-order valence-electron chi connectivity index (χ2n) is 3.59. The van der Waals surface area contributed by atoms with Gasteiger partial charge in [0.15, 0.2) is 0 Å². The molecule has 0 unspecified atom stereocenters. The Morgan fingerprint density at radius 3 is 2.80 bits per heavy atom. The summed E-state index contributed by atoms with van der Waals surface area (Å²) >= 11 is 0. The van der Waals surface area contributed by atoms with E-state index in [-0.39, 0.29) is 5.78 Å². The molecule has 0 atom stereocenters. The Balaban J connectivity index is 2.42. The van der Waals surface area contributed by atoms with Gasteiger partial charge in [0.25, 0.3) is 0 Å². The van der Waals surface area contributed by atoms with Crippen LogP contribution in [0.1, 0.15) is 27.3 Å². The molecule has 2 heterocycles. The van der Waals surface area contributed by atoms with Crippen LogP contribution < -0.4 is 0 Å². The molecule has 0 aliphatic carbocycles. The van der Waals surface area contributed by atoms with Crippen molar-refractivity contribution in [3.8, 4) is 0 Å². The Morgan fingerprint density at radius 1 is 1.40 bits per heavy atom.